The van der Waals surface area contributed by atoms with E-state index in [0.29, 0.717) is 30.0 Å². The molecule has 2 unspecified atom stereocenters. The molecule has 20 heavy (non-hydrogen) atoms. The molecule has 1 fully saturated rings. The van der Waals surface area contributed by atoms with Gasteiger partial charge in [0.15, 0.2) is 6.10 Å². The zero-order valence-corrected chi connectivity index (χ0v) is 12.1. The lowest BCUT2D eigenvalue weighted by Crippen LogP contribution is -2.33. The van der Waals surface area contributed by atoms with Gasteiger partial charge in [-0.25, -0.2) is 4.79 Å². The molecule has 110 valence electrons. The van der Waals surface area contributed by atoms with E-state index in [1.54, 1.807) is 0 Å². The molecule has 7 nitrogen and oxygen atoms in total. The molecule has 2 N–H and O–H groups in total. The fourth-order valence-corrected chi connectivity index (χ4v) is 2.79. The second kappa shape index (κ2) is 6.27. The van der Waals surface area contributed by atoms with Crippen molar-refractivity contribution in [3.8, 4) is 0 Å². The van der Waals surface area contributed by atoms with Crippen molar-refractivity contribution in [2.45, 2.75) is 44.8 Å². The van der Waals surface area contributed by atoms with Crippen LogP contribution in [0.5, 0.6) is 0 Å². The number of aromatic nitrogens is 2. The largest absolute Gasteiger partial charge is 0.479 e. The Bertz CT molecular complexity index is 503. The summed E-state index contributed by atoms with van der Waals surface area (Å²) >= 11 is 1.07. The highest BCUT2D eigenvalue weighted by atomic mass is 32.1. The highest BCUT2D eigenvalue weighted by molar-refractivity contribution is 7.08. The predicted molar refractivity (Wildman–Crippen MR) is 71.9 cm³/mol. The summed E-state index contributed by atoms with van der Waals surface area (Å²) in [6, 6.07) is 0. The molecule has 8 heteroatoms. The molecule has 0 aliphatic carbocycles. The van der Waals surface area contributed by atoms with Gasteiger partial charge < -0.3 is 15.2 Å². The first-order chi connectivity index (χ1) is 9.49. The number of nitrogens with one attached hydrogen (secondary N) is 1. The molecule has 1 aliphatic rings. The van der Waals surface area contributed by atoms with Crippen LogP contribution in [0, 0.1) is 0 Å². The first-order valence-electron chi connectivity index (χ1n) is 6.47. The van der Waals surface area contributed by atoms with Crippen LogP contribution in [0.3, 0.4) is 0 Å². The van der Waals surface area contributed by atoms with Crippen molar-refractivity contribution in [1.29, 1.82) is 0 Å². The maximum absolute atomic E-state index is 12.1. The van der Waals surface area contributed by atoms with Crippen molar-refractivity contribution in [2.75, 3.05) is 6.54 Å². The first kappa shape index (κ1) is 14.9. The highest BCUT2D eigenvalue weighted by Crippen LogP contribution is 2.21. The van der Waals surface area contributed by atoms with Crippen molar-refractivity contribution in [1.82, 2.24) is 14.9 Å². The number of amides is 1. The van der Waals surface area contributed by atoms with Crippen LogP contribution in [0.2, 0.25) is 0 Å². The third kappa shape index (κ3) is 3.31. The van der Waals surface area contributed by atoms with Gasteiger partial charge in [-0.2, -0.15) is 0 Å². The van der Waals surface area contributed by atoms with Crippen LogP contribution in [-0.4, -0.2) is 45.3 Å². The zero-order valence-electron chi connectivity index (χ0n) is 11.3. The minimum atomic E-state index is -0.951. The van der Waals surface area contributed by atoms with Crippen LogP contribution >= 0.6 is 11.5 Å². The van der Waals surface area contributed by atoms with Gasteiger partial charge in [-0.05, 0) is 30.3 Å². The maximum atomic E-state index is 12.1. The Morgan fingerprint density at radius 2 is 2.25 bits per heavy atom. The van der Waals surface area contributed by atoms with Crippen LogP contribution in [0.1, 0.15) is 48.0 Å². The molecule has 2 rings (SSSR count). The average Bonchev–Trinajstić information content (AvgIpc) is 3.04. The van der Waals surface area contributed by atoms with Gasteiger partial charge in [-0.15, -0.1) is 5.10 Å². The van der Waals surface area contributed by atoms with E-state index in [0.717, 1.165) is 11.5 Å². The van der Waals surface area contributed by atoms with E-state index in [1.165, 1.54) is 0 Å². The average molecular weight is 299 g/mol. The molecule has 0 spiro atoms. The van der Waals surface area contributed by atoms with Gasteiger partial charge in [0.05, 0.1) is 11.8 Å². The number of carboxylic acid groups (broad SMARTS) is 1. The molecule has 0 radical (unpaired) electrons. The van der Waals surface area contributed by atoms with Crippen LogP contribution < -0.4 is 5.32 Å². The molecule has 1 aromatic rings. The summed E-state index contributed by atoms with van der Waals surface area (Å²) in [6.07, 6.45) is 0.112. The molecule has 1 saturated heterocycles. The quantitative estimate of drug-likeness (QED) is 0.842. The molecule has 0 bridgehead atoms. The van der Waals surface area contributed by atoms with E-state index in [1.807, 2.05) is 13.8 Å². The molecular weight excluding hydrogens is 282 g/mol. The number of nitrogens with zero attached hydrogens (tertiary/aromatic N) is 2. The molecule has 0 saturated carbocycles. The van der Waals surface area contributed by atoms with Crippen molar-refractivity contribution >= 4 is 23.4 Å². The lowest BCUT2D eigenvalue weighted by atomic mass is 10.1. The molecular formula is C12H17N3O4S. The zero-order chi connectivity index (χ0) is 14.7. The highest BCUT2D eigenvalue weighted by Gasteiger charge is 2.30. The molecule has 1 amide bonds. The van der Waals surface area contributed by atoms with E-state index >= 15 is 0 Å². The Morgan fingerprint density at radius 3 is 2.85 bits per heavy atom. The third-order valence-corrected chi connectivity index (χ3v) is 3.88. The molecule has 2 heterocycles. The normalized spacial score (nSPS) is 22.1. The standard InChI is InChI=1S/C12H17N3O4S/c1-6(2)9-10(20-15-14-9)11(16)13-5-7-3-4-8(19-7)12(17)18/h6-8H,3-5H2,1-2H3,(H,13,16)(H,17,18). The topological polar surface area (TPSA) is 101 Å². The third-order valence-electron chi connectivity index (χ3n) is 3.14. The van der Waals surface area contributed by atoms with Gasteiger partial charge >= 0.3 is 5.97 Å². The molecule has 0 aromatic carbocycles. The number of carbonyl (C=O) groups is 2. The van der Waals surface area contributed by atoms with E-state index in [2.05, 4.69) is 14.9 Å². The minimum absolute atomic E-state index is 0.133. The summed E-state index contributed by atoms with van der Waals surface area (Å²) in [5.41, 5.74) is 0.684. The van der Waals surface area contributed by atoms with E-state index < -0.39 is 12.1 Å². The van der Waals surface area contributed by atoms with Crippen LogP contribution in [0.25, 0.3) is 0 Å². The Balaban J connectivity index is 1.87. The second-order valence-electron chi connectivity index (χ2n) is 5.01. The lowest BCUT2D eigenvalue weighted by Gasteiger charge is -2.12. The number of hydrogen-bond acceptors (Lipinski definition) is 6. The number of carbonyl (C=O) groups excluding carboxylic acids is 1. The summed E-state index contributed by atoms with van der Waals surface area (Å²) in [4.78, 5) is 23.3. The fraction of sp³-hybridized carbons (Fsp3) is 0.667. The van der Waals surface area contributed by atoms with Crippen molar-refractivity contribution in [2.24, 2.45) is 0 Å². The van der Waals surface area contributed by atoms with Gasteiger partial charge in [-0.1, -0.05) is 18.3 Å². The maximum Gasteiger partial charge on any atom is 0.332 e. The number of rotatable bonds is 5. The Hall–Kier alpha value is -1.54. The predicted octanol–water partition coefficient (Wildman–Crippen LogP) is 1.02. The molecule has 2 atom stereocenters. The van der Waals surface area contributed by atoms with Crippen LogP contribution in [0.15, 0.2) is 0 Å². The Kier molecular flexibility index (Phi) is 4.66. The van der Waals surface area contributed by atoms with Gasteiger partial charge in [0, 0.05) is 6.54 Å². The summed E-state index contributed by atoms with van der Waals surface area (Å²) in [5.74, 6) is -1.05. The fourth-order valence-electron chi connectivity index (χ4n) is 2.06. The van der Waals surface area contributed by atoms with Crippen LogP contribution in [0.4, 0.5) is 0 Å². The van der Waals surface area contributed by atoms with E-state index in [-0.39, 0.29) is 17.9 Å². The SMILES string of the molecule is CC(C)c1nnsc1C(=O)NCC1CCC(C(=O)O)O1. The van der Waals surface area contributed by atoms with Crippen LogP contribution in [-0.2, 0) is 9.53 Å². The number of carboxylic acids is 1. The minimum Gasteiger partial charge on any atom is -0.479 e. The van der Waals surface area contributed by atoms with E-state index in [4.69, 9.17) is 9.84 Å². The van der Waals surface area contributed by atoms with Gasteiger partial charge in [0.2, 0.25) is 0 Å². The smallest absolute Gasteiger partial charge is 0.332 e. The number of aliphatic carboxylic acids is 1. The monoisotopic (exact) mass is 299 g/mol. The van der Waals surface area contributed by atoms with Crippen molar-refractivity contribution < 1.29 is 19.4 Å². The summed E-state index contributed by atoms with van der Waals surface area (Å²) < 4.78 is 9.13. The summed E-state index contributed by atoms with van der Waals surface area (Å²) in [5, 5.41) is 15.5. The van der Waals surface area contributed by atoms with Gasteiger partial charge in [-0.3, -0.25) is 4.79 Å². The summed E-state index contributed by atoms with van der Waals surface area (Å²) in [7, 11) is 0. The van der Waals surface area contributed by atoms with Gasteiger partial charge in [0.1, 0.15) is 4.88 Å². The molecule has 1 aromatic heterocycles. The molecule has 1 aliphatic heterocycles. The van der Waals surface area contributed by atoms with Gasteiger partial charge in [0.25, 0.3) is 5.91 Å². The van der Waals surface area contributed by atoms with E-state index in [9.17, 15) is 9.59 Å². The summed E-state index contributed by atoms with van der Waals surface area (Å²) in [6.45, 7) is 4.20. The van der Waals surface area contributed by atoms with Crippen molar-refractivity contribution in [3.05, 3.63) is 10.6 Å². The first-order valence-corrected chi connectivity index (χ1v) is 7.25. The number of hydrogen-bond donors (Lipinski definition) is 2. The van der Waals surface area contributed by atoms with Crippen molar-refractivity contribution in [3.63, 3.8) is 0 Å². The Labute approximate surface area is 120 Å². The number of ether oxygens (including phenoxy) is 1. The Morgan fingerprint density at radius 1 is 1.50 bits per heavy atom. The second-order valence-corrected chi connectivity index (χ2v) is 5.77. The lowest BCUT2D eigenvalue weighted by molar-refractivity contribution is -0.149.